The summed E-state index contributed by atoms with van der Waals surface area (Å²) in [6.07, 6.45) is 4.48. The summed E-state index contributed by atoms with van der Waals surface area (Å²) in [6, 6.07) is 13.8. The lowest BCUT2D eigenvalue weighted by Gasteiger charge is -2.04. The van der Waals surface area contributed by atoms with E-state index in [1.54, 1.807) is 12.4 Å². The first-order chi connectivity index (χ1) is 12.3. The maximum atomic E-state index is 12.0. The Morgan fingerprint density at radius 1 is 1.16 bits per heavy atom. The van der Waals surface area contributed by atoms with E-state index in [1.807, 2.05) is 35.7 Å². The summed E-state index contributed by atoms with van der Waals surface area (Å²) in [4.78, 5) is 20.4. The van der Waals surface area contributed by atoms with Gasteiger partial charge >= 0.3 is 0 Å². The highest BCUT2D eigenvalue weighted by Crippen LogP contribution is 2.14. The fourth-order valence-electron chi connectivity index (χ4n) is 2.29. The predicted octanol–water partition coefficient (Wildman–Crippen LogP) is 3.02. The van der Waals surface area contributed by atoms with Crippen molar-refractivity contribution in [2.75, 3.05) is 6.54 Å². The molecular weight excluding hydrogens is 334 g/mol. The van der Waals surface area contributed by atoms with Crippen LogP contribution in [0.25, 0.3) is 0 Å². The molecule has 128 valence electrons. The molecule has 2 heterocycles. The van der Waals surface area contributed by atoms with Crippen LogP contribution >= 0.6 is 11.3 Å². The third-order valence-electron chi connectivity index (χ3n) is 3.52. The minimum absolute atomic E-state index is 0.0130. The second-order valence-electron chi connectivity index (χ2n) is 5.47. The van der Waals surface area contributed by atoms with E-state index in [2.05, 4.69) is 27.4 Å². The number of carbonyl (C=O) groups is 1. The molecule has 0 aliphatic rings. The smallest absolute Gasteiger partial charge is 0.226 e. The third kappa shape index (κ3) is 5.69. The van der Waals surface area contributed by atoms with Gasteiger partial charge in [0.1, 0.15) is 17.4 Å². The molecule has 0 aliphatic heterocycles. The van der Waals surface area contributed by atoms with Gasteiger partial charge in [-0.15, -0.1) is 11.3 Å². The Labute approximate surface area is 150 Å². The van der Waals surface area contributed by atoms with Crippen molar-refractivity contribution in [3.63, 3.8) is 0 Å². The van der Waals surface area contributed by atoms with Crippen LogP contribution < -0.4 is 10.1 Å². The lowest BCUT2D eigenvalue weighted by molar-refractivity contribution is -0.120. The van der Waals surface area contributed by atoms with Gasteiger partial charge in [0, 0.05) is 18.1 Å². The topological polar surface area (TPSA) is 64.1 Å². The second kappa shape index (κ2) is 8.94. The number of nitrogens with zero attached hydrogens (tertiary/aromatic N) is 2. The summed E-state index contributed by atoms with van der Waals surface area (Å²) < 4.78 is 5.61. The first-order valence-electron chi connectivity index (χ1n) is 8.06. The molecule has 0 aliphatic carbocycles. The molecule has 0 fully saturated rings. The molecule has 0 spiro atoms. The van der Waals surface area contributed by atoms with Gasteiger partial charge in [0.05, 0.1) is 18.3 Å². The number of rotatable bonds is 8. The average Bonchev–Trinajstić information content (AvgIpc) is 3.09. The largest absolute Gasteiger partial charge is 0.485 e. The van der Waals surface area contributed by atoms with Gasteiger partial charge in [-0.3, -0.25) is 9.78 Å². The zero-order chi connectivity index (χ0) is 17.3. The lowest BCUT2D eigenvalue weighted by atomic mass is 10.1. The van der Waals surface area contributed by atoms with Gasteiger partial charge in [-0.2, -0.15) is 0 Å². The quantitative estimate of drug-likeness (QED) is 0.676. The summed E-state index contributed by atoms with van der Waals surface area (Å²) in [7, 11) is 0. The summed E-state index contributed by atoms with van der Waals surface area (Å²) in [5.74, 6) is 0.693. The number of hydrogen-bond acceptors (Lipinski definition) is 5. The number of amides is 1. The number of thiazole rings is 1. The van der Waals surface area contributed by atoms with Gasteiger partial charge in [-0.25, -0.2) is 4.98 Å². The molecule has 1 amide bonds. The van der Waals surface area contributed by atoms with E-state index in [0.717, 1.165) is 17.1 Å². The van der Waals surface area contributed by atoms with Crippen molar-refractivity contribution in [3.8, 4) is 5.75 Å². The van der Waals surface area contributed by atoms with Crippen LogP contribution in [0.5, 0.6) is 5.75 Å². The van der Waals surface area contributed by atoms with Gasteiger partial charge in [-0.1, -0.05) is 30.3 Å². The van der Waals surface area contributed by atoms with Crippen LogP contribution in [0.4, 0.5) is 0 Å². The molecule has 6 heteroatoms. The minimum atomic E-state index is -0.0130. The van der Waals surface area contributed by atoms with Crippen LogP contribution in [0, 0.1) is 0 Å². The third-order valence-corrected chi connectivity index (χ3v) is 4.39. The van der Waals surface area contributed by atoms with Crippen LogP contribution in [0.3, 0.4) is 0 Å². The Morgan fingerprint density at radius 3 is 2.84 bits per heavy atom. The van der Waals surface area contributed by atoms with Crippen molar-refractivity contribution in [1.82, 2.24) is 15.3 Å². The number of hydrogen-bond donors (Lipinski definition) is 1. The van der Waals surface area contributed by atoms with Crippen molar-refractivity contribution >= 4 is 17.2 Å². The molecule has 0 unspecified atom stereocenters. The van der Waals surface area contributed by atoms with E-state index >= 15 is 0 Å². The van der Waals surface area contributed by atoms with Crippen LogP contribution in [0.1, 0.15) is 16.3 Å². The molecule has 3 rings (SSSR count). The summed E-state index contributed by atoms with van der Waals surface area (Å²) in [6.45, 7) is 1.01. The molecule has 1 aromatic carbocycles. The Morgan fingerprint density at radius 2 is 2.04 bits per heavy atom. The van der Waals surface area contributed by atoms with E-state index in [1.165, 1.54) is 16.9 Å². The van der Waals surface area contributed by atoms with Crippen molar-refractivity contribution in [1.29, 1.82) is 0 Å². The number of ether oxygens (including phenoxy) is 1. The standard InChI is InChI=1S/C19H19N3O2S/c23-18(21-10-8-15-5-2-1-3-6-15)11-16-14-25-19(22-16)13-24-17-7-4-9-20-12-17/h1-7,9,12,14H,8,10-11,13H2,(H,21,23). The highest BCUT2D eigenvalue weighted by molar-refractivity contribution is 7.09. The number of benzene rings is 1. The van der Waals surface area contributed by atoms with Crippen molar-refractivity contribution in [2.24, 2.45) is 0 Å². The van der Waals surface area contributed by atoms with E-state index in [0.29, 0.717) is 18.9 Å². The van der Waals surface area contributed by atoms with Gasteiger partial charge in [0.15, 0.2) is 0 Å². The summed E-state index contributed by atoms with van der Waals surface area (Å²) in [5.41, 5.74) is 1.98. The monoisotopic (exact) mass is 353 g/mol. The molecular formula is C19H19N3O2S. The number of nitrogens with one attached hydrogen (secondary N) is 1. The van der Waals surface area contributed by atoms with Gasteiger partial charge in [0.25, 0.3) is 0 Å². The van der Waals surface area contributed by atoms with E-state index in [9.17, 15) is 4.79 Å². The molecule has 2 aromatic heterocycles. The maximum Gasteiger partial charge on any atom is 0.226 e. The zero-order valence-electron chi connectivity index (χ0n) is 13.7. The first kappa shape index (κ1) is 17.1. The predicted molar refractivity (Wildman–Crippen MR) is 97.5 cm³/mol. The van der Waals surface area contributed by atoms with Crippen LogP contribution in [0.2, 0.25) is 0 Å². The fourth-order valence-corrected chi connectivity index (χ4v) is 3.00. The Bertz CT molecular complexity index is 791. The number of aromatic nitrogens is 2. The van der Waals surface area contributed by atoms with Crippen molar-refractivity contribution in [2.45, 2.75) is 19.4 Å². The Balaban J connectivity index is 1.40. The van der Waals surface area contributed by atoms with E-state index in [4.69, 9.17) is 4.74 Å². The van der Waals surface area contributed by atoms with E-state index < -0.39 is 0 Å². The van der Waals surface area contributed by atoms with E-state index in [-0.39, 0.29) is 12.3 Å². The molecule has 0 radical (unpaired) electrons. The van der Waals surface area contributed by atoms with Gasteiger partial charge in [0.2, 0.25) is 5.91 Å². The normalized spacial score (nSPS) is 10.4. The lowest BCUT2D eigenvalue weighted by Crippen LogP contribution is -2.27. The molecule has 0 bridgehead atoms. The molecule has 5 nitrogen and oxygen atoms in total. The fraction of sp³-hybridized carbons (Fsp3) is 0.211. The molecule has 0 atom stereocenters. The Hall–Kier alpha value is -2.73. The SMILES string of the molecule is O=C(Cc1csc(COc2cccnc2)n1)NCCc1ccccc1. The second-order valence-corrected chi connectivity index (χ2v) is 6.41. The first-order valence-corrected chi connectivity index (χ1v) is 8.94. The van der Waals surface area contributed by atoms with Gasteiger partial charge in [-0.05, 0) is 24.1 Å². The van der Waals surface area contributed by atoms with Crippen LogP contribution in [0.15, 0.2) is 60.2 Å². The molecule has 25 heavy (non-hydrogen) atoms. The molecule has 0 saturated carbocycles. The highest BCUT2D eigenvalue weighted by atomic mass is 32.1. The number of carbonyl (C=O) groups excluding carboxylic acids is 1. The summed E-state index contributed by atoms with van der Waals surface area (Å²) >= 11 is 1.49. The zero-order valence-corrected chi connectivity index (χ0v) is 14.5. The maximum absolute atomic E-state index is 12.0. The molecule has 3 aromatic rings. The van der Waals surface area contributed by atoms with Crippen LogP contribution in [-0.4, -0.2) is 22.4 Å². The van der Waals surface area contributed by atoms with Crippen molar-refractivity contribution < 1.29 is 9.53 Å². The Kier molecular flexibility index (Phi) is 6.11. The minimum Gasteiger partial charge on any atom is -0.485 e. The molecule has 1 N–H and O–H groups in total. The van der Waals surface area contributed by atoms with Crippen molar-refractivity contribution in [3.05, 3.63) is 76.5 Å². The van der Waals surface area contributed by atoms with Crippen LogP contribution in [-0.2, 0) is 24.2 Å². The van der Waals surface area contributed by atoms with Gasteiger partial charge < -0.3 is 10.1 Å². The highest BCUT2D eigenvalue weighted by Gasteiger charge is 2.08. The summed E-state index contributed by atoms with van der Waals surface area (Å²) in [5, 5.41) is 5.68. The molecule has 0 saturated heterocycles. The average molecular weight is 353 g/mol. The number of pyridine rings is 1.